The van der Waals surface area contributed by atoms with Crippen LogP contribution in [0.15, 0.2) is 28.7 Å². The summed E-state index contributed by atoms with van der Waals surface area (Å²) in [6.07, 6.45) is 2.12. The second-order valence-corrected chi connectivity index (χ2v) is 7.49. The van der Waals surface area contributed by atoms with Crippen LogP contribution in [0, 0.1) is 5.92 Å². The van der Waals surface area contributed by atoms with E-state index in [1.165, 1.54) is 0 Å². The molecule has 0 atom stereocenters. The highest BCUT2D eigenvalue weighted by molar-refractivity contribution is 9.10. The molecule has 8 heteroatoms. The number of benzene rings is 1. The van der Waals surface area contributed by atoms with Crippen molar-refractivity contribution in [3.05, 3.63) is 28.7 Å². The highest BCUT2D eigenvalue weighted by Crippen LogP contribution is 2.24. The molecule has 140 valence electrons. The summed E-state index contributed by atoms with van der Waals surface area (Å²) in [4.78, 5) is 39.9. The number of para-hydroxylation sites is 1. The van der Waals surface area contributed by atoms with E-state index in [0.717, 1.165) is 16.6 Å². The fraction of sp³-hybridized carbons (Fsp3) is 0.500. The highest BCUT2D eigenvalue weighted by Gasteiger charge is 2.29. The Hall–Kier alpha value is -2.09. The van der Waals surface area contributed by atoms with E-state index >= 15 is 0 Å². The minimum atomic E-state index is -0.174. The third-order valence-electron chi connectivity index (χ3n) is 4.84. The largest absolute Gasteiger partial charge is 0.341 e. The number of hydrogen-bond donors (Lipinski definition) is 2. The van der Waals surface area contributed by atoms with E-state index in [1.807, 2.05) is 24.3 Å². The van der Waals surface area contributed by atoms with Gasteiger partial charge in [-0.15, -0.1) is 0 Å². The maximum Gasteiger partial charge on any atom is 0.317 e. The first-order valence-electron chi connectivity index (χ1n) is 8.90. The van der Waals surface area contributed by atoms with E-state index in [-0.39, 0.29) is 30.3 Å². The number of nitrogens with zero attached hydrogens (tertiary/aromatic N) is 2. The van der Waals surface area contributed by atoms with Crippen LogP contribution in [0.1, 0.15) is 19.3 Å². The van der Waals surface area contributed by atoms with Gasteiger partial charge in [0.15, 0.2) is 0 Å². The third-order valence-corrected chi connectivity index (χ3v) is 5.54. The molecular weight excluding hydrogens is 400 g/mol. The van der Waals surface area contributed by atoms with Gasteiger partial charge in [-0.2, -0.15) is 0 Å². The number of anilines is 1. The number of piperidine rings is 1. The van der Waals surface area contributed by atoms with Crippen LogP contribution in [0.2, 0.25) is 0 Å². The van der Waals surface area contributed by atoms with Gasteiger partial charge in [-0.25, -0.2) is 4.79 Å². The maximum absolute atomic E-state index is 12.5. The fourth-order valence-corrected chi connectivity index (χ4v) is 3.67. The lowest BCUT2D eigenvalue weighted by Gasteiger charge is -2.34. The lowest BCUT2D eigenvalue weighted by atomic mass is 9.95. The zero-order valence-corrected chi connectivity index (χ0v) is 16.1. The summed E-state index contributed by atoms with van der Waals surface area (Å²) >= 11 is 3.42. The monoisotopic (exact) mass is 422 g/mol. The lowest BCUT2D eigenvalue weighted by molar-refractivity contribution is -0.135. The first-order chi connectivity index (χ1) is 12.5. The molecule has 0 bridgehead atoms. The number of nitrogens with one attached hydrogen (secondary N) is 2. The van der Waals surface area contributed by atoms with Crippen molar-refractivity contribution in [1.82, 2.24) is 15.1 Å². The molecule has 1 aromatic carbocycles. The zero-order chi connectivity index (χ0) is 18.5. The van der Waals surface area contributed by atoms with Gasteiger partial charge in [0.05, 0.1) is 5.69 Å². The maximum atomic E-state index is 12.5. The molecule has 0 aromatic heterocycles. The number of urea groups is 1. The van der Waals surface area contributed by atoms with Crippen molar-refractivity contribution in [3.8, 4) is 0 Å². The smallest absolute Gasteiger partial charge is 0.317 e. The normalized spacial score (nSPS) is 18.4. The van der Waals surface area contributed by atoms with Gasteiger partial charge in [0.2, 0.25) is 11.8 Å². The summed E-state index contributed by atoms with van der Waals surface area (Å²) in [6, 6.07) is 7.33. The van der Waals surface area contributed by atoms with Crippen LogP contribution in [0.3, 0.4) is 0 Å². The van der Waals surface area contributed by atoms with Gasteiger partial charge in [0.25, 0.3) is 0 Å². The quantitative estimate of drug-likeness (QED) is 0.778. The van der Waals surface area contributed by atoms with Crippen LogP contribution in [-0.4, -0.2) is 60.4 Å². The molecule has 7 nitrogen and oxygen atoms in total. The second-order valence-electron chi connectivity index (χ2n) is 6.63. The molecule has 3 rings (SSSR count). The molecule has 0 spiro atoms. The first-order valence-corrected chi connectivity index (χ1v) is 9.70. The summed E-state index contributed by atoms with van der Waals surface area (Å²) in [5.74, 6) is -0.171. The molecule has 26 heavy (non-hydrogen) atoms. The lowest BCUT2D eigenvalue weighted by Crippen LogP contribution is -2.52. The predicted molar refractivity (Wildman–Crippen MR) is 102 cm³/mol. The topological polar surface area (TPSA) is 81.8 Å². The number of hydrogen-bond acceptors (Lipinski definition) is 3. The molecule has 2 aliphatic rings. The third kappa shape index (κ3) is 4.55. The van der Waals surface area contributed by atoms with E-state index in [2.05, 4.69) is 26.6 Å². The molecule has 0 unspecified atom stereocenters. The molecule has 2 N–H and O–H groups in total. The molecule has 4 amide bonds. The fourth-order valence-electron chi connectivity index (χ4n) is 3.28. The van der Waals surface area contributed by atoms with Gasteiger partial charge in [0.1, 0.15) is 6.54 Å². The van der Waals surface area contributed by atoms with Crippen molar-refractivity contribution in [2.24, 2.45) is 5.92 Å². The Kier molecular flexibility index (Phi) is 6.13. The van der Waals surface area contributed by atoms with Crippen LogP contribution in [-0.2, 0) is 9.59 Å². The molecule has 2 fully saturated rings. The highest BCUT2D eigenvalue weighted by atomic mass is 79.9. The minimum Gasteiger partial charge on any atom is -0.341 e. The Labute approximate surface area is 161 Å². The van der Waals surface area contributed by atoms with Gasteiger partial charge in [-0.3, -0.25) is 9.59 Å². The average molecular weight is 423 g/mol. The number of carbonyl (C=O) groups is 3. The van der Waals surface area contributed by atoms with Crippen molar-refractivity contribution >= 4 is 39.5 Å². The summed E-state index contributed by atoms with van der Waals surface area (Å²) in [6.45, 7) is 2.48. The van der Waals surface area contributed by atoms with Crippen LogP contribution in [0.4, 0.5) is 10.5 Å². The summed E-state index contributed by atoms with van der Waals surface area (Å²) < 4.78 is 0.848. The Bertz CT molecular complexity index is 689. The number of rotatable bonds is 4. The zero-order valence-electron chi connectivity index (χ0n) is 14.5. The summed E-state index contributed by atoms with van der Waals surface area (Å²) in [5.41, 5.74) is 0.757. The van der Waals surface area contributed by atoms with E-state index < -0.39 is 0 Å². The number of likely N-dealkylation sites (tertiary alicyclic amines) is 1. The SMILES string of the molecule is O=C(Nc1ccccc1Br)C1CCN(C(=O)CN2CCCNC2=O)CC1. The minimum absolute atomic E-state index is 0.0144. The van der Waals surface area contributed by atoms with Crippen molar-refractivity contribution in [2.45, 2.75) is 19.3 Å². The molecule has 0 radical (unpaired) electrons. The molecule has 2 saturated heterocycles. The number of halogens is 1. The van der Waals surface area contributed by atoms with E-state index in [0.29, 0.717) is 39.0 Å². The standard InChI is InChI=1S/C18H23BrN4O3/c19-14-4-1-2-5-15(14)21-17(25)13-6-10-22(11-7-13)16(24)12-23-9-3-8-20-18(23)26/h1-2,4-5,13H,3,6-12H2,(H,20,26)(H,21,25). The molecular formula is C18H23BrN4O3. The Morgan fingerprint density at radius 2 is 1.92 bits per heavy atom. The van der Waals surface area contributed by atoms with Gasteiger partial charge < -0.3 is 20.4 Å². The van der Waals surface area contributed by atoms with Crippen molar-refractivity contribution in [2.75, 3.05) is 38.0 Å². The van der Waals surface area contributed by atoms with Gasteiger partial charge in [-0.05, 0) is 47.3 Å². The molecule has 0 aliphatic carbocycles. The Morgan fingerprint density at radius 1 is 1.19 bits per heavy atom. The van der Waals surface area contributed by atoms with Crippen LogP contribution < -0.4 is 10.6 Å². The number of amides is 4. The van der Waals surface area contributed by atoms with Crippen molar-refractivity contribution in [3.63, 3.8) is 0 Å². The molecule has 2 heterocycles. The van der Waals surface area contributed by atoms with Crippen molar-refractivity contribution in [1.29, 1.82) is 0 Å². The van der Waals surface area contributed by atoms with E-state index in [4.69, 9.17) is 0 Å². The Morgan fingerprint density at radius 3 is 2.62 bits per heavy atom. The van der Waals surface area contributed by atoms with Gasteiger partial charge >= 0.3 is 6.03 Å². The van der Waals surface area contributed by atoms with Crippen LogP contribution >= 0.6 is 15.9 Å². The van der Waals surface area contributed by atoms with Gasteiger partial charge in [-0.1, -0.05) is 12.1 Å². The number of carbonyl (C=O) groups excluding carboxylic acids is 3. The summed E-state index contributed by atoms with van der Waals surface area (Å²) in [7, 11) is 0. The first kappa shape index (κ1) is 18.7. The van der Waals surface area contributed by atoms with Crippen molar-refractivity contribution < 1.29 is 14.4 Å². The van der Waals surface area contributed by atoms with Crippen LogP contribution in [0.25, 0.3) is 0 Å². The second kappa shape index (κ2) is 8.53. The van der Waals surface area contributed by atoms with Gasteiger partial charge in [0, 0.05) is 36.6 Å². The van der Waals surface area contributed by atoms with E-state index in [1.54, 1.807) is 9.80 Å². The predicted octanol–water partition coefficient (Wildman–Crippen LogP) is 2.04. The Balaban J connectivity index is 1.47. The molecule has 2 aliphatic heterocycles. The molecule has 0 saturated carbocycles. The molecule has 1 aromatic rings. The summed E-state index contributed by atoms with van der Waals surface area (Å²) in [5, 5.41) is 5.69. The van der Waals surface area contributed by atoms with E-state index in [9.17, 15) is 14.4 Å². The average Bonchev–Trinajstić information content (AvgIpc) is 2.65. The van der Waals surface area contributed by atoms with Crippen LogP contribution in [0.5, 0.6) is 0 Å².